The number of hydrazone groups is 1. The Bertz CT molecular complexity index is 965. The summed E-state index contributed by atoms with van der Waals surface area (Å²) < 4.78 is 4.98. The molecule has 27 heavy (non-hydrogen) atoms. The number of carbonyl (C=O) groups is 1. The smallest absolute Gasteiger partial charge is 0.290 e. The molecule has 0 aliphatic carbocycles. The maximum atomic E-state index is 12.2. The molecule has 0 unspecified atom stereocenters. The average Bonchev–Trinajstić information content (AvgIpc) is 3.18. The van der Waals surface area contributed by atoms with E-state index in [-0.39, 0.29) is 5.75 Å². The molecule has 0 fully saturated rings. The molecule has 0 radical (unpaired) electrons. The first-order chi connectivity index (χ1) is 13.1. The predicted molar refractivity (Wildman–Crippen MR) is 107 cm³/mol. The number of benzene rings is 2. The van der Waals surface area contributed by atoms with Crippen molar-refractivity contribution in [1.82, 2.24) is 10.4 Å². The van der Waals surface area contributed by atoms with E-state index in [1.807, 2.05) is 12.1 Å². The van der Waals surface area contributed by atoms with E-state index >= 15 is 0 Å². The van der Waals surface area contributed by atoms with Crippen LogP contribution in [0.3, 0.4) is 0 Å². The topological polar surface area (TPSA) is 83.8 Å². The van der Waals surface area contributed by atoms with Gasteiger partial charge in [-0.3, -0.25) is 4.79 Å². The molecule has 6 nitrogen and oxygen atoms in total. The van der Waals surface area contributed by atoms with Gasteiger partial charge < -0.3 is 9.84 Å². The van der Waals surface area contributed by atoms with Crippen LogP contribution in [0.15, 0.2) is 52.9 Å². The van der Waals surface area contributed by atoms with Gasteiger partial charge in [-0.15, -0.1) is 11.3 Å². The summed E-state index contributed by atoms with van der Waals surface area (Å²) in [5, 5.41) is 16.1. The fraction of sp³-hybridized carbons (Fsp3) is 0.150. The van der Waals surface area contributed by atoms with Gasteiger partial charge in [-0.25, -0.2) is 10.4 Å². The van der Waals surface area contributed by atoms with Gasteiger partial charge in [-0.2, -0.15) is 5.10 Å². The van der Waals surface area contributed by atoms with E-state index in [4.69, 9.17) is 4.74 Å². The highest BCUT2D eigenvalue weighted by Gasteiger charge is 2.11. The fourth-order valence-electron chi connectivity index (χ4n) is 2.40. The number of aromatic hydroxyl groups is 1. The molecule has 0 saturated carbocycles. The Labute approximate surface area is 161 Å². The number of methoxy groups -OCH3 is 1. The molecule has 138 valence electrons. The zero-order chi connectivity index (χ0) is 19.2. The molecule has 2 N–H and O–H groups in total. The molecule has 0 aliphatic heterocycles. The van der Waals surface area contributed by atoms with Gasteiger partial charge in [-0.1, -0.05) is 31.2 Å². The van der Waals surface area contributed by atoms with Crippen molar-refractivity contribution in [2.45, 2.75) is 13.3 Å². The summed E-state index contributed by atoms with van der Waals surface area (Å²) in [5.74, 6) is -0.0131. The standard InChI is InChI=1S/C20H19N3O3S/c1-3-13-4-7-15(8-5-13)20-22-16(12-27-20)19(25)23-21-11-14-6-9-18(26-2)17(24)10-14/h4-12,24H,3H2,1-2H3,(H,23,25)/b21-11-. The Hall–Kier alpha value is -3.19. The molecule has 0 aliphatic rings. The van der Waals surface area contributed by atoms with E-state index in [1.165, 1.54) is 36.3 Å². The molecule has 7 heteroatoms. The second-order valence-electron chi connectivity index (χ2n) is 5.72. The SMILES string of the molecule is CCc1ccc(-c2nc(C(=O)N/N=C\c3ccc(OC)c(O)c3)cs2)cc1. The van der Waals surface area contributed by atoms with Gasteiger partial charge >= 0.3 is 0 Å². The second kappa shape index (κ2) is 8.46. The monoisotopic (exact) mass is 381 g/mol. The summed E-state index contributed by atoms with van der Waals surface area (Å²) in [7, 11) is 1.48. The minimum atomic E-state index is -0.392. The number of amides is 1. The predicted octanol–water partition coefficient (Wildman–Crippen LogP) is 3.85. The molecular weight excluding hydrogens is 362 g/mol. The molecule has 0 saturated heterocycles. The van der Waals surface area contributed by atoms with Gasteiger partial charge in [0.25, 0.3) is 5.91 Å². The number of nitrogens with zero attached hydrogens (tertiary/aromatic N) is 2. The lowest BCUT2D eigenvalue weighted by Gasteiger charge is -2.03. The first-order valence-corrected chi connectivity index (χ1v) is 9.24. The van der Waals surface area contributed by atoms with Crippen molar-refractivity contribution in [2.75, 3.05) is 7.11 Å². The molecule has 0 atom stereocenters. The number of phenolic OH excluding ortho intramolecular Hbond substituents is 1. The summed E-state index contributed by atoms with van der Waals surface area (Å²) in [6.07, 6.45) is 2.42. The number of ether oxygens (including phenoxy) is 1. The number of nitrogens with one attached hydrogen (secondary N) is 1. The van der Waals surface area contributed by atoms with Crippen molar-refractivity contribution in [3.05, 3.63) is 64.7 Å². The van der Waals surface area contributed by atoms with Gasteiger partial charge in [0.2, 0.25) is 0 Å². The molecule has 1 heterocycles. The van der Waals surface area contributed by atoms with Gasteiger partial charge in [-0.05, 0) is 35.7 Å². The maximum absolute atomic E-state index is 12.2. The van der Waals surface area contributed by atoms with Crippen LogP contribution in [0.2, 0.25) is 0 Å². The van der Waals surface area contributed by atoms with Crippen molar-refractivity contribution >= 4 is 23.5 Å². The molecule has 0 bridgehead atoms. The van der Waals surface area contributed by atoms with Crippen molar-refractivity contribution in [3.8, 4) is 22.1 Å². The van der Waals surface area contributed by atoms with Crippen LogP contribution in [-0.2, 0) is 6.42 Å². The number of aryl methyl sites for hydroxylation is 1. The van der Waals surface area contributed by atoms with Gasteiger partial charge in [0, 0.05) is 10.9 Å². The lowest BCUT2D eigenvalue weighted by molar-refractivity contribution is 0.0951. The van der Waals surface area contributed by atoms with Crippen LogP contribution in [0, 0.1) is 0 Å². The zero-order valence-electron chi connectivity index (χ0n) is 15.0. The van der Waals surface area contributed by atoms with E-state index in [0.29, 0.717) is 17.0 Å². The minimum Gasteiger partial charge on any atom is -0.504 e. The summed E-state index contributed by atoms with van der Waals surface area (Å²) >= 11 is 1.41. The van der Waals surface area contributed by atoms with Crippen LogP contribution in [0.1, 0.15) is 28.5 Å². The van der Waals surface area contributed by atoms with Gasteiger partial charge in [0.05, 0.1) is 13.3 Å². The quantitative estimate of drug-likeness (QED) is 0.502. The van der Waals surface area contributed by atoms with E-state index in [0.717, 1.165) is 17.0 Å². The normalized spacial score (nSPS) is 10.9. The van der Waals surface area contributed by atoms with E-state index < -0.39 is 5.91 Å². The van der Waals surface area contributed by atoms with E-state index in [1.54, 1.807) is 17.5 Å². The fourth-order valence-corrected chi connectivity index (χ4v) is 3.21. The number of phenols is 1. The Morgan fingerprint density at radius 1 is 1.30 bits per heavy atom. The highest BCUT2D eigenvalue weighted by atomic mass is 32.1. The van der Waals surface area contributed by atoms with E-state index in [9.17, 15) is 9.90 Å². The largest absolute Gasteiger partial charge is 0.504 e. The Kier molecular flexibility index (Phi) is 5.83. The summed E-state index contributed by atoms with van der Waals surface area (Å²) in [6.45, 7) is 2.11. The third-order valence-electron chi connectivity index (χ3n) is 3.93. The highest BCUT2D eigenvalue weighted by molar-refractivity contribution is 7.13. The number of aromatic nitrogens is 1. The Morgan fingerprint density at radius 3 is 2.74 bits per heavy atom. The first-order valence-electron chi connectivity index (χ1n) is 8.36. The molecule has 3 rings (SSSR count). The van der Waals surface area contributed by atoms with Crippen LogP contribution in [0.5, 0.6) is 11.5 Å². The molecule has 2 aromatic carbocycles. The Morgan fingerprint density at radius 2 is 2.07 bits per heavy atom. The molecule has 3 aromatic rings. The second-order valence-corrected chi connectivity index (χ2v) is 6.58. The lowest BCUT2D eigenvalue weighted by atomic mass is 10.1. The molecule has 1 aromatic heterocycles. The van der Waals surface area contributed by atoms with Gasteiger partial charge in [0.15, 0.2) is 11.5 Å². The third kappa shape index (κ3) is 4.51. The van der Waals surface area contributed by atoms with Crippen molar-refractivity contribution in [1.29, 1.82) is 0 Å². The third-order valence-corrected chi connectivity index (χ3v) is 4.82. The van der Waals surface area contributed by atoms with E-state index in [2.05, 4.69) is 34.6 Å². The average molecular weight is 381 g/mol. The van der Waals surface area contributed by atoms with Crippen LogP contribution in [0.25, 0.3) is 10.6 Å². The summed E-state index contributed by atoms with van der Waals surface area (Å²) in [4.78, 5) is 16.6. The first kappa shape index (κ1) is 18.6. The molecule has 0 spiro atoms. The van der Waals surface area contributed by atoms with Gasteiger partial charge in [0.1, 0.15) is 10.7 Å². The number of hydrogen-bond donors (Lipinski definition) is 2. The zero-order valence-corrected chi connectivity index (χ0v) is 15.8. The van der Waals surface area contributed by atoms with Crippen molar-refractivity contribution in [2.24, 2.45) is 5.10 Å². The summed E-state index contributed by atoms with van der Waals surface area (Å²) in [6, 6.07) is 13.0. The molecular formula is C20H19N3O3S. The van der Waals surface area contributed by atoms with Crippen LogP contribution < -0.4 is 10.2 Å². The van der Waals surface area contributed by atoms with Crippen molar-refractivity contribution < 1.29 is 14.6 Å². The van der Waals surface area contributed by atoms with Crippen molar-refractivity contribution in [3.63, 3.8) is 0 Å². The Balaban J connectivity index is 1.64. The lowest BCUT2D eigenvalue weighted by Crippen LogP contribution is -2.17. The minimum absolute atomic E-state index is 0.00557. The number of hydrogen-bond acceptors (Lipinski definition) is 6. The molecule has 1 amide bonds. The number of rotatable bonds is 6. The highest BCUT2D eigenvalue weighted by Crippen LogP contribution is 2.26. The summed E-state index contributed by atoms with van der Waals surface area (Å²) in [5.41, 5.74) is 5.61. The van der Waals surface area contributed by atoms with Crippen LogP contribution in [-0.4, -0.2) is 29.3 Å². The number of carbonyl (C=O) groups excluding carboxylic acids is 1. The number of thiazole rings is 1. The van der Waals surface area contributed by atoms with Crippen LogP contribution in [0.4, 0.5) is 0 Å². The maximum Gasteiger partial charge on any atom is 0.290 e. The van der Waals surface area contributed by atoms with Crippen LogP contribution >= 0.6 is 11.3 Å².